The van der Waals surface area contributed by atoms with Crippen LogP contribution in [0.2, 0.25) is 0 Å². The van der Waals surface area contributed by atoms with Crippen LogP contribution in [0.3, 0.4) is 0 Å². The van der Waals surface area contributed by atoms with Gasteiger partial charge in [0.15, 0.2) is 0 Å². The lowest BCUT2D eigenvalue weighted by atomic mass is 9.68. The Kier molecular flexibility index (Phi) is 15.1. The highest BCUT2D eigenvalue weighted by atomic mass is 32.1. The molecule has 83 heavy (non-hydrogen) atoms. The Bertz CT molecular complexity index is 3410. The SMILES string of the molecule is CCCCCCC1(CCCCCC)c2ccccc2-c2ccc(-c3sc(-c4sc(-c5sc(-c6ccc7c(c6)C(CCCCCC)(CCCCCC)c6ccccc6-7)c6c5C5C=CC6CC5)c5c4C4C=CC5CC4)c4c3C3C=CC4CC3)cc21. The first-order chi connectivity index (χ1) is 41.0. The van der Waals surface area contributed by atoms with Crippen molar-refractivity contribution >= 4 is 34.0 Å². The minimum Gasteiger partial charge on any atom is -0.134 e. The predicted octanol–water partition coefficient (Wildman–Crippen LogP) is 25.5. The third-order valence-corrected chi connectivity index (χ3v) is 26.7. The molecule has 18 rings (SSSR count). The molecule has 0 aliphatic heterocycles. The highest BCUT2D eigenvalue weighted by molar-refractivity contribution is 7.28. The van der Waals surface area contributed by atoms with Gasteiger partial charge in [0.1, 0.15) is 0 Å². The summed E-state index contributed by atoms with van der Waals surface area (Å²) in [5, 5.41) is 0. The average molecular weight is 1150 g/mol. The van der Waals surface area contributed by atoms with Crippen LogP contribution in [0.5, 0.6) is 0 Å². The predicted molar refractivity (Wildman–Crippen MR) is 361 cm³/mol. The van der Waals surface area contributed by atoms with Crippen molar-refractivity contribution < 1.29 is 0 Å². The van der Waals surface area contributed by atoms with Crippen molar-refractivity contribution in [3.63, 3.8) is 0 Å². The Morgan fingerprint density at radius 2 is 0.578 bits per heavy atom. The monoisotopic (exact) mass is 1150 g/mol. The van der Waals surface area contributed by atoms with Crippen molar-refractivity contribution in [2.75, 3.05) is 0 Å². The van der Waals surface area contributed by atoms with Crippen molar-refractivity contribution in [3.8, 4) is 62.6 Å². The van der Waals surface area contributed by atoms with E-state index in [1.165, 1.54) is 200 Å². The molecule has 4 aromatic carbocycles. The maximum Gasteiger partial charge on any atom is 0.0493 e. The fraction of sp³-hybridized carbons (Fsp3) is 0.475. The molecule has 6 bridgehead atoms. The molecule has 0 amide bonds. The van der Waals surface area contributed by atoms with E-state index in [4.69, 9.17) is 0 Å². The van der Waals surface area contributed by atoms with Crippen molar-refractivity contribution in [1.29, 1.82) is 0 Å². The van der Waals surface area contributed by atoms with Gasteiger partial charge in [-0.2, -0.15) is 0 Å². The van der Waals surface area contributed by atoms with Gasteiger partial charge in [-0.25, -0.2) is 0 Å². The van der Waals surface area contributed by atoms with Crippen LogP contribution in [0.4, 0.5) is 0 Å². The molecule has 3 heterocycles. The summed E-state index contributed by atoms with van der Waals surface area (Å²) < 4.78 is 0. The summed E-state index contributed by atoms with van der Waals surface area (Å²) in [7, 11) is 0. The molecule has 0 spiro atoms. The second-order valence-electron chi connectivity index (χ2n) is 27.3. The molecule has 0 saturated heterocycles. The molecular formula is C80H90S3. The van der Waals surface area contributed by atoms with E-state index in [-0.39, 0.29) is 10.8 Å². The molecule has 7 aromatic rings. The van der Waals surface area contributed by atoms with E-state index in [9.17, 15) is 0 Å². The van der Waals surface area contributed by atoms with E-state index >= 15 is 0 Å². The first kappa shape index (κ1) is 54.8. The second kappa shape index (κ2) is 22.8. The van der Waals surface area contributed by atoms with Crippen LogP contribution in [-0.4, -0.2) is 0 Å². The maximum atomic E-state index is 2.78. The van der Waals surface area contributed by atoms with Gasteiger partial charge in [-0.15, -0.1) is 34.0 Å². The molecule has 428 valence electrons. The Labute approximate surface area is 511 Å². The standard InChI is InChI=1S/C80H90S3/c1-5-9-13-21-45-79(46-22-14-10-6-2)63-27-19-17-25-59(63)61-43-41-57(49-65(61)79)73-67-51-29-33-53(34-30-51)69(67)75(81-73)77-71-55-37-39-56(40-38-55)72(71)78(83-77)76-70-54-35-31-52(32-36-54)68(70)74(82-76)58-42-44-62-60-26-18-20-28-64(60)80(66(62)50-58,47-23-15-11-7-3)48-24-16-12-8-4/h17-20,25-29,31,33,35,37,39,41-44,49-56H,5-16,21-24,30,32,34,36,38,40,45-48H2,1-4H3. The zero-order valence-electron chi connectivity index (χ0n) is 50.6. The number of rotatable bonds is 24. The number of thiophene rings is 3. The van der Waals surface area contributed by atoms with Gasteiger partial charge in [0.2, 0.25) is 0 Å². The zero-order chi connectivity index (χ0) is 55.8. The topological polar surface area (TPSA) is 0 Å². The summed E-state index contributed by atoms with van der Waals surface area (Å²) in [5.41, 5.74) is 25.9. The molecule has 0 nitrogen and oxygen atoms in total. The molecule has 3 aromatic heterocycles. The van der Waals surface area contributed by atoms with E-state index < -0.39 is 0 Å². The number of fused-ring (bicyclic) bond motifs is 9. The van der Waals surface area contributed by atoms with Crippen LogP contribution in [0.25, 0.3) is 62.6 Å². The number of hydrogen-bond acceptors (Lipinski definition) is 3. The van der Waals surface area contributed by atoms with E-state index in [2.05, 4.69) is 183 Å². The normalized spacial score (nSPS) is 22.5. The summed E-state index contributed by atoms with van der Waals surface area (Å²) in [6.07, 6.45) is 49.7. The van der Waals surface area contributed by atoms with Crippen molar-refractivity contribution in [1.82, 2.24) is 0 Å². The molecule has 3 heteroatoms. The van der Waals surface area contributed by atoms with Gasteiger partial charge in [-0.1, -0.05) is 240 Å². The van der Waals surface area contributed by atoms with Crippen molar-refractivity contribution in [3.05, 3.63) is 177 Å². The van der Waals surface area contributed by atoms with Crippen LogP contribution in [0, 0.1) is 0 Å². The molecule has 0 saturated carbocycles. The van der Waals surface area contributed by atoms with Gasteiger partial charge >= 0.3 is 0 Å². The lowest BCUT2D eigenvalue weighted by molar-refractivity contribution is 0.401. The molecule has 11 aliphatic rings. The van der Waals surface area contributed by atoms with Crippen LogP contribution in [0.15, 0.2) is 121 Å². The lowest BCUT2D eigenvalue weighted by Gasteiger charge is -2.35. The highest BCUT2D eigenvalue weighted by Gasteiger charge is 2.47. The molecule has 0 fully saturated rings. The third-order valence-electron chi connectivity index (χ3n) is 22.6. The quantitative estimate of drug-likeness (QED) is 0.0418. The fourth-order valence-electron chi connectivity index (χ4n) is 18.5. The van der Waals surface area contributed by atoms with Gasteiger partial charge in [0.05, 0.1) is 0 Å². The number of allylic oxidation sites excluding steroid dienone is 6. The van der Waals surface area contributed by atoms with Gasteiger partial charge < -0.3 is 0 Å². The maximum absolute atomic E-state index is 2.78. The smallest absolute Gasteiger partial charge is 0.0493 e. The summed E-state index contributed by atoms with van der Waals surface area (Å²) in [6.45, 7) is 9.48. The Morgan fingerprint density at radius 1 is 0.301 bits per heavy atom. The first-order valence-electron chi connectivity index (χ1n) is 34.0. The molecule has 11 aliphatic carbocycles. The summed E-state index contributed by atoms with van der Waals surface area (Å²) in [5.74, 6) is 3.00. The van der Waals surface area contributed by atoms with Crippen molar-refractivity contribution in [2.24, 2.45) is 0 Å². The molecule has 6 atom stereocenters. The molecule has 0 N–H and O–H groups in total. The van der Waals surface area contributed by atoms with Gasteiger partial charge in [0.25, 0.3) is 0 Å². The van der Waals surface area contributed by atoms with E-state index in [1.807, 2.05) is 0 Å². The van der Waals surface area contributed by atoms with Gasteiger partial charge in [0, 0.05) is 75.6 Å². The number of unbranched alkanes of at least 4 members (excludes halogenated alkanes) is 12. The fourth-order valence-corrected chi connectivity index (χ4v) is 23.2. The van der Waals surface area contributed by atoms with Crippen LogP contribution < -0.4 is 0 Å². The van der Waals surface area contributed by atoms with E-state index in [1.54, 1.807) is 84.9 Å². The zero-order valence-corrected chi connectivity index (χ0v) is 53.1. The van der Waals surface area contributed by atoms with Crippen LogP contribution in [-0.2, 0) is 10.8 Å². The largest absolute Gasteiger partial charge is 0.134 e. The minimum absolute atomic E-state index is 0.0829. The molecule has 0 radical (unpaired) electrons. The second-order valence-corrected chi connectivity index (χ2v) is 30.4. The van der Waals surface area contributed by atoms with Crippen LogP contribution in [0.1, 0.15) is 286 Å². The number of benzene rings is 4. The lowest BCUT2D eigenvalue weighted by Crippen LogP contribution is -2.25. The molecule has 6 unspecified atom stereocenters. The first-order valence-corrected chi connectivity index (χ1v) is 36.5. The Morgan fingerprint density at radius 3 is 0.880 bits per heavy atom. The summed E-state index contributed by atoms with van der Waals surface area (Å²) in [4.78, 5) is 9.73. The van der Waals surface area contributed by atoms with Gasteiger partial charge in [-0.05, 0) is 165 Å². The van der Waals surface area contributed by atoms with E-state index in [0.717, 1.165) is 0 Å². The molecular weight excluding hydrogens is 1060 g/mol. The van der Waals surface area contributed by atoms with Crippen LogP contribution >= 0.6 is 34.0 Å². The highest BCUT2D eigenvalue weighted by Crippen LogP contribution is 2.67. The Balaban J connectivity index is 0.879. The Hall–Kier alpha value is -4.80. The minimum atomic E-state index is 0.0829. The summed E-state index contributed by atoms with van der Waals surface area (Å²) >= 11 is 6.69. The summed E-state index contributed by atoms with van der Waals surface area (Å²) in [6, 6.07) is 35.1. The number of hydrogen-bond donors (Lipinski definition) is 0. The third kappa shape index (κ3) is 8.92. The van der Waals surface area contributed by atoms with E-state index in [0.29, 0.717) is 35.5 Å². The van der Waals surface area contributed by atoms with Crippen molar-refractivity contribution in [2.45, 2.75) is 241 Å². The van der Waals surface area contributed by atoms with Gasteiger partial charge in [-0.3, -0.25) is 0 Å². The average Bonchev–Trinajstić information content (AvgIpc) is 2.48.